The highest BCUT2D eigenvalue weighted by atomic mass is 16.1. The van der Waals surface area contributed by atoms with Crippen LogP contribution in [0.4, 0.5) is 0 Å². The number of Topliss-reactive ketones (excluding diaryl/α,β-unsaturated/α-hetero) is 2. The van der Waals surface area contributed by atoms with Gasteiger partial charge in [-0.05, 0) is 37.0 Å². The highest BCUT2D eigenvalue weighted by molar-refractivity contribution is 5.78. The van der Waals surface area contributed by atoms with Crippen molar-refractivity contribution in [1.29, 1.82) is 0 Å². The average molecular weight is 315 g/mol. The Balaban J connectivity index is -0.000000339. The Labute approximate surface area is 140 Å². The summed E-state index contributed by atoms with van der Waals surface area (Å²) in [4.78, 5) is 21.7. The second-order valence-corrected chi connectivity index (χ2v) is 7.38. The minimum absolute atomic E-state index is 0.287. The lowest BCUT2D eigenvalue weighted by molar-refractivity contribution is -0.120. The minimum Gasteiger partial charge on any atom is -0.300 e. The molecule has 0 aliphatic rings. The van der Waals surface area contributed by atoms with Crippen LogP contribution in [0.15, 0.2) is 0 Å². The van der Waals surface area contributed by atoms with E-state index in [4.69, 9.17) is 0 Å². The third-order valence-electron chi connectivity index (χ3n) is 2.78. The maximum Gasteiger partial charge on any atom is 0.133 e. The lowest BCUT2D eigenvalue weighted by Crippen LogP contribution is -2.09. The van der Waals surface area contributed by atoms with Crippen LogP contribution in [0.25, 0.3) is 0 Å². The number of hydrogen-bond acceptors (Lipinski definition) is 2. The zero-order valence-electron chi connectivity index (χ0n) is 17.0. The molecule has 0 aliphatic heterocycles. The topological polar surface area (TPSA) is 34.1 Å². The Morgan fingerprint density at radius 3 is 1.32 bits per heavy atom. The van der Waals surface area contributed by atoms with E-state index in [1.54, 1.807) is 6.92 Å². The standard InChI is InChI=1S/C12H24O.C6H12O.C2H6/c1-9(2)6-11(5)8-12(13)7-10(3)4;1-5(2)4-6(3)7;1-2/h9-11H,6-8H2,1-5H3;5H,4H2,1-3H3;1-2H3. The molecule has 2 nitrogen and oxygen atoms in total. The van der Waals surface area contributed by atoms with Crippen LogP contribution < -0.4 is 0 Å². The van der Waals surface area contributed by atoms with E-state index in [-0.39, 0.29) is 5.78 Å². The van der Waals surface area contributed by atoms with Crippen molar-refractivity contribution < 1.29 is 9.59 Å². The zero-order valence-corrected chi connectivity index (χ0v) is 17.0. The fourth-order valence-electron chi connectivity index (χ4n) is 2.39. The van der Waals surface area contributed by atoms with Gasteiger partial charge in [-0.15, -0.1) is 0 Å². The quantitative estimate of drug-likeness (QED) is 0.525. The summed E-state index contributed by atoms with van der Waals surface area (Å²) in [6.45, 7) is 20.5. The van der Waals surface area contributed by atoms with Crippen LogP contribution >= 0.6 is 0 Å². The molecular formula is C20H42O2. The Hall–Kier alpha value is -0.660. The van der Waals surface area contributed by atoms with Crippen LogP contribution in [0.3, 0.4) is 0 Å². The van der Waals surface area contributed by atoms with Gasteiger partial charge in [0.05, 0.1) is 0 Å². The molecule has 0 saturated carbocycles. The van der Waals surface area contributed by atoms with E-state index in [1.807, 2.05) is 27.7 Å². The van der Waals surface area contributed by atoms with Gasteiger partial charge in [-0.2, -0.15) is 0 Å². The maximum atomic E-state index is 11.4. The van der Waals surface area contributed by atoms with Crippen molar-refractivity contribution in [3.63, 3.8) is 0 Å². The van der Waals surface area contributed by atoms with Crippen molar-refractivity contribution in [1.82, 2.24) is 0 Å². The van der Waals surface area contributed by atoms with Crippen LogP contribution in [-0.4, -0.2) is 11.6 Å². The molecule has 0 aromatic carbocycles. The van der Waals surface area contributed by atoms with Crippen LogP contribution in [0, 0.1) is 23.7 Å². The van der Waals surface area contributed by atoms with Gasteiger partial charge in [0.15, 0.2) is 0 Å². The molecule has 0 aromatic heterocycles. The Morgan fingerprint density at radius 2 is 1.09 bits per heavy atom. The van der Waals surface area contributed by atoms with E-state index in [0.717, 1.165) is 19.3 Å². The Morgan fingerprint density at radius 1 is 0.682 bits per heavy atom. The molecule has 0 N–H and O–H groups in total. The zero-order chi connectivity index (χ0) is 18.3. The van der Waals surface area contributed by atoms with E-state index in [9.17, 15) is 9.59 Å². The van der Waals surface area contributed by atoms with E-state index < -0.39 is 0 Å². The van der Waals surface area contributed by atoms with Gasteiger partial charge in [0.1, 0.15) is 11.6 Å². The van der Waals surface area contributed by atoms with Crippen LogP contribution in [-0.2, 0) is 9.59 Å². The fraction of sp³-hybridized carbons (Fsp3) is 0.900. The van der Waals surface area contributed by atoms with Gasteiger partial charge >= 0.3 is 0 Å². The molecule has 0 heterocycles. The smallest absolute Gasteiger partial charge is 0.133 e. The maximum absolute atomic E-state index is 11.4. The number of carbonyl (C=O) groups excluding carboxylic acids is 2. The van der Waals surface area contributed by atoms with Crippen LogP contribution in [0.1, 0.15) is 94.9 Å². The van der Waals surface area contributed by atoms with E-state index in [2.05, 4.69) is 34.6 Å². The van der Waals surface area contributed by atoms with Crippen molar-refractivity contribution in [2.45, 2.75) is 94.9 Å². The second-order valence-electron chi connectivity index (χ2n) is 7.38. The SMILES string of the molecule is CC.CC(=O)CC(C)C.CC(C)CC(=O)CC(C)CC(C)C. The van der Waals surface area contributed by atoms with Crippen molar-refractivity contribution >= 4 is 11.6 Å². The van der Waals surface area contributed by atoms with Gasteiger partial charge in [0.25, 0.3) is 0 Å². The molecule has 0 aliphatic carbocycles. The van der Waals surface area contributed by atoms with Gasteiger partial charge in [-0.3, -0.25) is 4.79 Å². The molecule has 0 rings (SSSR count). The Kier molecular flexibility index (Phi) is 19.9. The minimum atomic E-state index is 0.287. The molecule has 0 fully saturated rings. The van der Waals surface area contributed by atoms with E-state index in [0.29, 0.717) is 29.5 Å². The van der Waals surface area contributed by atoms with E-state index in [1.165, 1.54) is 6.42 Å². The first kappa shape index (κ1) is 26.2. The van der Waals surface area contributed by atoms with Gasteiger partial charge in [-0.1, -0.05) is 62.3 Å². The monoisotopic (exact) mass is 314 g/mol. The van der Waals surface area contributed by atoms with Crippen molar-refractivity contribution in [2.24, 2.45) is 23.7 Å². The van der Waals surface area contributed by atoms with Crippen molar-refractivity contribution in [3.8, 4) is 0 Å². The number of hydrogen-bond donors (Lipinski definition) is 0. The lowest BCUT2D eigenvalue weighted by atomic mass is 9.92. The molecule has 0 radical (unpaired) electrons. The van der Waals surface area contributed by atoms with Crippen LogP contribution in [0.5, 0.6) is 0 Å². The van der Waals surface area contributed by atoms with Gasteiger partial charge in [-0.25, -0.2) is 0 Å². The highest BCUT2D eigenvalue weighted by Gasteiger charge is 2.11. The molecule has 0 bridgehead atoms. The second kappa shape index (κ2) is 16.7. The first-order valence-corrected chi connectivity index (χ1v) is 9.05. The molecular weight excluding hydrogens is 272 g/mol. The van der Waals surface area contributed by atoms with E-state index >= 15 is 0 Å². The molecule has 0 spiro atoms. The average Bonchev–Trinajstić information content (AvgIpc) is 2.27. The summed E-state index contributed by atoms with van der Waals surface area (Å²) in [7, 11) is 0. The van der Waals surface area contributed by atoms with Gasteiger partial charge in [0.2, 0.25) is 0 Å². The number of ketones is 2. The summed E-state index contributed by atoms with van der Waals surface area (Å²) in [6.07, 6.45) is 3.42. The van der Waals surface area contributed by atoms with Gasteiger partial charge < -0.3 is 4.79 Å². The predicted molar refractivity (Wildman–Crippen MR) is 99.2 cm³/mol. The van der Waals surface area contributed by atoms with Crippen LogP contribution in [0.2, 0.25) is 0 Å². The summed E-state index contributed by atoms with van der Waals surface area (Å²) in [6, 6.07) is 0. The molecule has 2 heteroatoms. The highest BCUT2D eigenvalue weighted by Crippen LogP contribution is 2.16. The first-order valence-electron chi connectivity index (χ1n) is 9.05. The number of rotatable bonds is 8. The number of carbonyl (C=O) groups is 2. The third-order valence-corrected chi connectivity index (χ3v) is 2.78. The lowest BCUT2D eigenvalue weighted by Gasteiger charge is -2.13. The molecule has 1 atom stereocenters. The molecule has 0 amide bonds. The third kappa shape index (κ3) is 27.6. The summed E-state index contributed by atoms with van der Waals surface area (Å²) < 4.78 is 0. The fourth-order valence-corrected chi connectivity index (χ4v) is 2.39. The Bertz CT molecular complexity index is 265. The first-order chi connectivity index (χ1) is 10.0. The predicted octanol–water partition coefficient (Wildman–Crippen LogP) is 6.32. The van der Waals surface area contributed by atoms with Gasteiger partial charge in [0, 0.05) is 19.3 Å². The normalized spacial score (nSPS) is 11.5. The largest absolute Gasteiger partial charge is 0.300 e. The summed E-state index contributed by atoms with van der Waals surface area (Å²) >= 11 is 0. The molecule has 1 unspecified atom stereocenters. The molecule has 134 valence electrons. The summed E-state index contributed by atoms with van der Waals surface area (Å²) in [5, 5.41) is 0. The van der Waals surface area contributed by atoms with Crippen molar-refractivity contribution in [2.75, 3.05) is 0 Å². The summed E-state index contributed by atoms with van der Waals surface area (Å²) in [5.41, 5.74) is 0. The molecule has 0 aromatic rings. The summed E-state index contributed by atoms with van der Waals surface area (Å²) in [5.74, 6) is 3.03. The molecule has 0 saturated heterocycles. The molecule has 22 heavy (non-hydrogen) atoms. The van der Waals surface area contributed by atoms with Crippen molar-refractivity contribution in [3.05, 3.63) is 0 Å².